The Labute approximate surface area is 313 Å². The van der Waals surface area contributed by atoms with Crippen LogP contribution in [-0.4, -0.2) is 73.2 Å². The van der Waals surface area contributed by atoms with E-state index >= 15 is 0 Å². The van der Waals surface area contributed by atoms with Gasteiger partial charge in [0.2, 0.25) is 0 Å². The second-order valence-electron chi connectivity index (χ2n) is 15.4. The zero-order chi connectivity index (χ0) is 37.2. The standard InChI is InChI=1S/C40H80NO7PS/c1-6-8-10-12-14-16-18-20-22-24-26-28-30-32-39(42)46-36-38(37-48-49(44,45)47-35-34-41(3,4)5)50-40(43)33-31-29-27-25-23-21-19-17-15-13-11-9-7-2/h38H,6-37H2,1-5H3/p+1. The Kier molecular flexibility index (Phi) is 34.0. The highest BCUT2D eigenvalue weighted by Crippen LogP contribution is 2.43. The number of thioether (sulfide) groups is 1. The Bertz CT molecular complexity index is 839. The van der Waals surface area contributed by atoms with Gasteiger partial charge in [0.05, 0.1) is 33.0 Å². The number of esters is 1. The van der Waals surface area contributed by atoms with Crippen LogP contribution in [0, 0.1) is 0 Å². The number of carbonyl (C=O) groups is 2. The molecule has 0 radical (unpaired) electrons. The maximum absolute atomic E-state index is 12.8. The minimum atomic E-state index is -4.29. The van der Waals surface area contributed by atoms with E-state index in [4.69, 9.17) is 13.8 Å². The molecule has 50 heavy (non-hydrogen) atoms. The lowest BCUT2D eigenvalue weighted by Crippen LogP contribution is -2.37. The Balaban J connectivity index is 4.36. The number of phosphoric ester groups is 1. The number of carbonyl (C=O) groups excluding carboxylic acids is 2. The van der Waals surface area contributed by atoms with E-state index < -0.39 is 13.1 Å². The summed E-state index contributed by atoms with van der Waals surface area (Å²) in [5.74, 6) is -0.297. The SMILES string of the molecule is CCCCCCCCCCCCCCCC(=O)OCC(COP(=O)(O)OCC[N+](C)(C)C)SC(=O)CCCCCCCCCCCCCCC. The molecule has 0 saturated carbocycles. The lowest BCUT2D eigenvalue weighted by Gasteiger charge is -2.24. The van der Waals surface area contributed by atoms with Crippen LogP contribution in [0.2, 0.25) is 0 Å². The van der Waals surface area contributed by atoms with Crippen molar-refractivity contribution in [3.8, 4) is 0 Å². The Hall–Kier alpha value is -0.440. The van der Waals surface area contributed by atoms with Crippen LogP contribution in [0.3, 0.4) is 0 Å². The summed E-state index contributed by atoms with van der Waals surface area (Å²) in [4.78, 5) is 35.5. The first-order valence-corrected chi connectivity index (χ1v) is 23.1. The third kappa shape index (κ3) is 37.3. The maximum Gasteiger partial charge on any atom is 0.472 e. The number of ether oxygens (including phenoxy) is 1. The number of nitrogens with zero attached hydrogens (tertiary/aromatic N) is 1. The summed E-state index contributed by atoms with van der Waals surface area (Å²) in [6, 6.07) is 0. The van der Waals surface area contributed by atoms with Gasteiger partial charge in [-0.2, -0.15) is 0 Å². The fraction of sp³-hybridized carbons (Fsp3) is 0.950. The number of rotatable bonds is 38. The van der Waals surface area contributed by atoms with Crippen LogP contribution in [0.25, 0.3) is 0 Å². The average Bonchev–Trinajstić information content (AvgIpc) is 3.06. The minimum Gasteiger partial charge on any atom is -0.464 e. The summed E-state index contributed by atoms with van der Waals surface area (Å²) in [6.45, 7) is 4.88. The van der Waals surface area contributed by atoms with Crippen LogP contribution < -0.4 is 0 Å². The molecule has 0 saturated heterocycles. The summed E-state index contributed by atoms with van der Waals surface area (Å²) in [5.41, 5.74) is 0. The largest absolute Gasteiger partial charge is 0.472 e. The van der Waals surface area contributed by atoms with Gasteiger partial charge in [0.25, 0.3) is 0 Å². The predicted molar refractivity (Wildman–Crippen MR) is 213 cm³/mol. The third-order valence-corrected chi connectivity index (χ3v) is 11.2. The molecule has 2 unspecified atom stereocenters. The summed E-state index contributed by atoms with van der Waals surface area (Å²) < 4.78 is 29.0. The van der Waals surface area contributed by atoms with Crippen molar-refractivity contribution >= 4 is 30.7 Å². The van der Waals surface area contributed by atoms with Crippen molar-refractivity contribution in [3.05, 3.63) is 0 Å². The molecule has 10 heteroatoms. The van der Waals surface area contributed by atoms with E-state index in [-0.39, 0.29) is 30.9 Å². The van der Waals surface area contributed by atoms with Gasteiger partial charge in [0, 0.05) is 12.8 Å². The lowest BCUT2D eigenvalue weighted by atomic mass is 10.0. The second kappa shape index (κ2) is 34.3. The Morgan fingerprint density at radius 2 is 0.960 bits per heavy atom. The normalized spacial score (nSPS) is 13.7. The number of hydrogen-bond donors (Lipinski definition) is 1. The minimum absolute atomic E-state index is 0.00654. The molecule has 1 N–H and O–H groups in total. The van der Waals surface area contributed by atoms with Crippen molar-refractivity contribution in [3.63, 3.8) is 0 Å². The molecule has 0 bridgehead atoms. The van der Waals surface area contributed by atoms with E-state index in [9.17, 15) is 19.0 Å². The molecular formula is C40H81NO7PS+. The summed E-state index contributed by atoms with van der Waals surface area (Å²) in [7, 11) is 1.61. The van der Waals surface area contributed by atoms with E-state index in [1.165, 1.54) is 128 Å². The molecule has 298 valence electrons. The molecule has 0 spiro atoms. The van der Waals surface area contributed by atoms with Crippen molar-refractivity contribution in [2.75, 3.05) is 47.5 Å². The van der Waals surface area contributed by atoms with E-state index in [0.29, 0.717) is 23.9 Å². The number of likely N-dealkylation sites (N-methyl/N-ethyl adjacent to an activating group) is 1. The second-order valence-corrected chi connectivity index (χ2v) is 18.2. The summed E-state index contributed by atoms with van der Waals surface area (Å²) >= 11 is 1.06. The number of hydrogen-bond acceptors (Lipinski definition) is 7. The summed E-state index contributed by atoms with van der Waals surface area (Å²) in [5, 5.41) is -0.574. The van der Waals surface area contributed by atoms with Gasteiger partial charge in [-0.1, -0.05) is 180 Å². The molecule has 0 heterocycles. The van der Waals surface area contributed by atoms with Crippen LogP contribution in [0.1, 0.15) is 194 Å². The topological polar surface area (TPSA) is 99.1 Å². The fourth-order valence-electron chi connectivity index (χ4n) is 5.84. The predicted octanol–water partition coefficient (Wildman–Crippen LogP) is 12.0. The molecule has 0 aromatic carbocycles. The molecule has 0 aliphatic heterocycles. The summed E-state index contributed by atoms with van der Waals surface area (Å²) in [6.07, 6.45) is 33.1. The van der Waals surface area contributed by atoms with Crippen molar-refractivity contribution in [1.29, 1.82) is 0 Å². The van der Waals surface area contributed by atoms with Gasteiger partial charge in [-0.25, -0.2) is 4.57 Å². The molecule has 8 nitrogen and oxygen atoms in total. The van der Waals surface area contributed by atoms with Gasteiger partial charge in [0.1, 0.15) is 19.8 Å². The van der Waals surface area contributed by atoms with Crippen molar-refractivity contribution in [2.24, 2.45) is 0 Å². The maximum atomic E-state index is 12.8. The molecule has 0 aliphatic rings. The zero-order valence-corrected chi connectivity index (χ0v) is 35.1. The lowest BCUT2D eigenvalue weighted by molar-refractivity contribution is -0.870. The molecule has 0 amide bonds. The van der Waals surface area contributed by atoms with E-state index in [0.717, 1.165) is 50.3 Å². The van der Waals surface area contributed by atoms with Gasteiger partial charge >= 0.3 is 13.8 Å². The van der Waals surface area contributed by atoms with E-state index in [1.807, 2.05) is 21.1 Å². The van der Waals surface area contributed by atoms with E-state index in [1.54, 1.807) is 0 Å². The molecule has 0 aliphatic carbocycles. The van der Waals surface area contributed by atoms with E-state index in [2.05, 4.69) is 13.8 Å². The van der Waals surface area contributed by atoms with Crippen LogP contribution in [-0.2, 0) is 27.9 Å². The monoisotopic (exact) mass is 751 g/mol. The molecule has 0 fully saturated rings. The van der Waals surface area contributed by atoms with Gasteiger partial charge < -0.3 is 14.1 Å². The van der Waals surface area contributed by atoms with Crippen LogP contribution in [0.5, 0.6) is 0 Å². The van der Waals surface area contributed by atoms with Crippen molar-refractivity contribution in [1.82, 2.24) is 0 Å². The number of phosphoric acid groups is 1. The van der Waals surface area contributed by atoms with Crippen LogP contribution in [0.4, 0.5) is 0 Å². The number of quaternary nitrogens is 1. The smallest absolute Gasteiger partial charge is 0.464 e. The van der Waals surface area contributed by atoms with Gasteiger partial charge in [-0.3, -0.25) is 18.6 Å². The Morgan fingerprint density at radius 1 is 0.580 bits per heavy atom. The number of unbranched alkanes of at least 4 members (excludes halogenated alkanes) is 24. The van der Waals surface area contributed by atoms with Crippen molar-refractivity contribution < 1.29 is 37.3 Å². The van der Waals surface area contributed by atoms with Gasteiger partial charge in [-0.05, 0) is 12.8 Å². The highest BCUT2D eigenvalue weighted by molar-refractivity contribution is 8.14. The first kappa shape index (κ1) is 49.6. The highest BCUT2D eigenvalue weighted by atomic mass is 32.2. The fourth-order valence-corrected chi connectivity index (χ4v) is 7.60. The molecular weight excluding hydrogens is 669 g/mol. The molecule has 0 rings (SSSR count). The first-order chi connectivity index (χ1) is 24.0. The molecule has 0 aromatic rings. The van der Waals surface area contributed by atoms with Crippen molar-refractivity contribution in [2.45, 2.75) is 199 Å². The quantitative estimate of drug-likeness (QED) is 0.0288. The highest BCUT2D eigenvalue weighted by Gasteiger charge is 2.26. The first-order valence-electron chi connectivity index (χ1n) is 20.8. The van der Waals surface area contributed by atoms with Crippen LogP contribution in [0.15, 0.2) is 0 Å². The zero-order valence-electron chi connectivity index (χ0n) is 33.4. The third-order valence-electron chi connectivity index (χ3n) is 9.14. The molecule has 0 aromatic heterocycles. The average molecular weight is 751 g/mol. The Morgan fingerprint density at radius 3 is 1.36 bits per heavy atom. The van der Waals surface area contributed by atoms with Gasteiger partial charge in [-0.15, -0.1) is 0 Å². The van der Waals surface area contributed by atoms with Gasteiger partial charge in [0.15, 0.2) is 5.12 Å². The van der Waals surface area contributed by atoms with Crippen LogP contribution >= 0.6 is 19.6 Å². The molecule has 2 atom stereocenters.